The van der Waals surface area contributed by atoms with Gasteiger partial charge < -0.3 is 14.0 Å². The molecule has 0 saturated carbocycles. The number of nitrogens with two attached hydrogens (primary N) is 1. The zero-order valence-corrected chi connectivity index (χ0v) is 20.3. The van der Waals surface area contributed by atoms with Crippen LogP contribution >= 0.6 is 0 Å². The van der Waals surface area contributed by atoms with Gasteiger partial charge in [0, 0.05) is 24.2 Å². The van der Waals surface area contributed by atoms with Crippen molar-refractivity contribution in [2.45, 2.75) is 56.6 Å². The van der Waals surface area contributed by atoms with Crippen LogP contribution in [-0.4, -0.2) is 43.6 Å². The zero-order chi connectivity index (χ0) is 23.6. The fourth-order valence-electron chi connectivity index (χ4n) is 4.67. The zero-order valence-electron chi connectivity index (χ0n) is 19.5. The van der Waals surface area contributed by atoms with Crippen LogP contribution < -0.4 is 14.6 Å². The molecule has 178 valence electrons. The number of sulfonamides is 1. The molecule has 2 N–H and O–H groups in total. The smallest absolute Gasteiger partial charge is 0.238 e. The number of unbranched alkanes of at least 4 members (excludes halogenated alkanes) is 1. The van der Waals surface area contributed by atoms with Crippen LogP contribution in [0.25, 0.3) is 11.0 Å². The third kappa shape index (κ3) is 4.85. The predicted molar refractivity (Wildman–Crippen MR) is 128 cm³/mol. The lowest BCUT2D eigenvalue weighted by molar-refractivity contribution is 0.233. The van der Waals surface area contributed by atoms with Gasteiger partial charge in [0.1, 0.15) is 17.3 Å². The number of aromatic nitrogens is 2. The first-order valence-corrected chi connectivity index (χ1v) is 12.9. The van der Waals surface area contributed by atoms with E-state index in [0.29, 0.717) is 12.1 Å². The number of methoxy groups -OCH3 is 2. The number of rotatable bonds is 9. The number of likely N-dealkylation sites (tertiary alicyclic amines) is 1. The minimum absolute atomic E-state index is 0.0868. The monoisotopic (exact) mass is 472 g/mol. The van der Waals surface area contributed by atoms with Gasteiger partial charge >= 0.3 is 0 Å². The summed E-state index contributed by atoms with van der Waals surface area (Å²) < 4.78 is 36.9. The van der Waals surface area contributed by atoms with Gasteiger partial charge in [0.25, 0.3) is 0 Å². The van der Waals surface area contributed by atoms with Crippen LogP contribution in [0.2, 0.25) is 0 Å². The summed E-state index contributed by atoms with van der Waals surface area (Å²) in [6.45, 7) is 4.62. The Labute approximate surface area is 195 Å². The summed E-state index contributed by atoms with van der Waals surface area (Å²) in [6, 6.07) is 11.1. The molecular weight excluding hydrogens is 440 g/mol. The molecule has 0 aliphatic carbocycles. The van der Waals surface area contributed by atoms with Gasteiger partial charge in [0.05, 0.1) is 36.7 Å². The van der Waals surface area contributed by atoms with Crippen molar-refractivity contribution in [3.63, 3.8) is 0 Å². The quantitative estimate of drug-likeness (QED) is 0.508. The maximum Gasteiger partial charge on any atom is 0.238 e. The molecule has 0 amide bonds. The van der Waals surface area contributed by atoms with Crippen LogP contribution in [0.15, 0.2) is 41.3 Å². The fourth-order valence-corrected chi connectivity index (χ4v) is 5.20. The second-order valence-electron chi connectivity index (χ2n) is 8.47. The van der Waals surface area contributed by atoms with Crippen LogP contribution in [-0.2, 0) is 23.1 Å². The highest BCUT2D eigenvalue weighted by Gasteiger charge is 2.30. The predicted octanol–water partition coefficient (Wildman–Crippen LogP) is 3.84. The standard InChI is InChI=1S/C24H32N4O4S/c1-4-5-13-28-22-11-9-18(33(25,29)30)15-20(22)26-24(28)16-27-12-6-7-21(27)19-10-8-17(31-2)14-23(19)32-3/h8-11,14-15,21H,4-7,12-13,16H2,1-3H3,(H2,25,29,30)/t21-/m1/s1. The molecule has 0 unspecified atom stereocenters. The Morgan fingerprint density at radius 1 is 1.15 bits per heavy atom. The van der Waals surface area contributed by atoms with E-state index in [2.05, 4.69) is 22.5 Å². The molecule has 1 atom stereocenters. The highest BCUT2D eigenvalue weighted by Crippen LogP contribution is 2.39. The molecule has 1 aromatic heterocycles. The Balaban J connectivity index is 1.69. The van der Waals surface area contributed by atoms with E-state index in [0.717, 1.165) is 67.2 Å². The van der Waals surface area contributed by atoms with Gasteiger partial charge in [-0.2, -0.15) is 0 Å². The van der Waals surface area contributed by atoms with Gasteiger partial charge in [-0.1, -0.05) is 19.4 Å². The van der Waals surface area contributed by atoms with Crippen molar-refractivity contribution < 1.29 is 17.9 Å². The number of nitrogens with zero attached hydrogens (tertiary/aromatic N) is 3. The Kier molecular flexibility index (Phi) is 6.92. The van der Waals surface area contributed by atoms with Gasteiger partial charge in [-0.25, -0.2) is 18.5 Å². The van der Waals surface area contributed by atoms with Crippen molar-refractivity contribution in [1.82, 2.24) is 14.5 Å². The number of hydrogen-bond donors (Lipinski definition) is 1. The van der Waals surface area contributed by atoms with E-state index in [4.69, 9.17) is 19.6 Å². The van der Waals surface area contributed by atoms with Gasteiger partial charge in [0.2, 0.25) is 10.0 Å². The van der Waals surface area contributed by atoms with Crippen LogP contribution in [0, 0.1) is 0 Å². The molecule has 1 saturated heterocycles. The number of imidazole rings is 1. The average molecular weight is 473 g/mol. The molecule has 1 aliphatic heterocycles. The summed E-state index contributed by atoms with van der Waals surface area (Å²) >= 11 is 0. The molecule has 33 heavy (non-hydrogen) atoms. The van der Waals surface area contributed by atoms with E-state index >= 15 is 0 Å². The van der Waals surface area contributed by atoms with Gasteiger partial charge in [-0.05, 0) is 50.1 Å². The first-order chi connectivity index (χ1) is 15.9. The summed E-state index contributed by atoms with van der Waals surface area (Å²) in [6.07, 6.45) is 4.20. The molecule has 8 nitrogen and oxygen atoms in total. The van der Waals surface area contributed by atoms with Crippen molar-refractivity contribution in [3.05, 3.63) is 47.8 Å². The van der Waals surface area contributed by atoms with E-state index in [1.165, 1.54) is 0 Å². The summed E-state index contributed by atoms with van der Waals surface area (Å²) in [5.41, 5.74) is 2.73. The van der Waals surface area contributed by atoms with E-state index < -0.39 is 10.0 Å². The minimum atomic E-state index is -3.78. The Morgan fingerprint density at radius 2 is 1.97 bits per heavy atom. The lowest BCUT2D eigenvalue weighted by Gasteiger charge is -2.26. The van der Waals surface area contributed by atoms with E-state index in [1.54, 1.807) is 26.4 Å². The SMILES string of the molecule is CCCCn1c(CN2CCC[C@@H]2c2ccc(OC)cc2OC)nc2cc(S(N)(=O)=O)ccc21. The first-order valence-electron chi connectivity index (χ1n) is 11.3. The topological polar surface area (TPSA) is 99.7 Å². The lowest BCUT2D eigenvalue weighted by Crippen LogP contribution is -2.25. The average Bonchev–Trinajstić information content (AvgIpc) is 3.40. The van der Waals surface area contributed by atoms with Crippen LogP contribution in [0.5, 0.6) is 11.5 Å². The second-order valence-corrected chi connectivity index (χ2v) is 10.0. The molecule has 4 rings (SSSR count). The normalized spacial score (nSPS) is 17.0. The van der Waals surface area contributed by atoms with Crippen LogP contribution in [0.4, 0.5) is 0 Å². The summed E-state index contributed by atoms with van der Waals surface area (Å²) in [4.78, 5) is 7.36. The molecule has 0 bridgehead atoms. The molecule has 9 heteroatoms. The fraction of sp³-hybridized carbons (Fsp3) is 0.458. The number of benzene rings is 2. The minimum Gasteiger partial charge on any atom is -0.497 e. The number of hydrogen-bond acceptors (Lipinski definition) is 6. The van der Waals surface area contributed by atoms with Crippen molar-refractivity contribution in [2.24, 2.45) is 5.14 Å². The number of fused-ring (bicyclic) bond motifs is 1. The highest BCUT2D eigenvalue weighted by molar-refractivity contribution is 7.89. The summed E-state index contributed by atoms with van der Waals surface area (Å²) in [5, 5.41) is 5.34. The Morgan fingerprint density at radius 3 is 2.67 bits per heavy atom. The van der Waals surface area contributed by atoms with Crippen molar-refractivity contribution in [1.29, 1.82) is 0 Å². The molecule has 2 heterocycles. The van der Waals surface area contributed by atoms with Crippen LogP contribution in [0.3, 0.4) is 0 Å². The van der Waals surface area contributed by atoms with E-state index in [9.17, 15) is 8.42 Å². The van der Waals surface area contributed by atoms with Crippen LogP contribution in [0.1, 0.15) is 50.0 Å². The summed E-state index contributed by atoms with van der Waals surface area (Å²) in [7, 11) is -0.443. The molecule has 1 fully saturated rings. The maximum absolute atomic E-state index is 11.8. The largest absolute Gasteiger partial charge is 0.497 e. The highest BCUT2D eigenvalue weighted by atomic mass is 32.2. The lowest BCUT2D eigenvalue weighted by atomic mass is 10.0. The third-order valence-corrected chi connectivity index (χ3v) is 7.28. The van der Waals surface area contributed by atoms with Crippen molar-refractivity contribution in [3.8, 4) is 11.5 Å². The third-order valence-electron chi connectivity index (χ3n) is 6.37. The molecule has 2 aromatic carbocycles. The second kappa shape index (κ2) is 9.70. The molecule has 0 spiro atoms. The molecule has 0 radical (unpaired) electrons. The Bertz CT molecular complexity index is 1240. The molecule has 1 aliphatic rings. The van der Waals surface area contributed by atoms with E-state index in [1.807, 2.05) is 18.2 Å². The first kappa shape index (κ1) is 23.5. The van der Waals surface area contributed by atoms with Gasteiger partial charge in [0.15, 0.2) is 0 Å². The maximum atomic E-state index is 11.8. The number of ether oxygens (including phenoxy) is 2. The van der Waals surface area contributed by atoms with Gasteiger partial charge in [-0.15, -0.1) is 0 Å². The summed E-state index contributed by atoms with van der Waals surface area (Å²) in [5.74, 6) is 2.53. The van der Waals surface area contributed by atoms with Gasteiger partial charge in [-0.3, -0.25) is 4.90 Å². The van der Waals surface area contributed by atoms with E-state index in [-0.39, 0.29) is 10.9 Å². The molecule has 3 aromatic rings. The number of aryl methyl sites for hydroxylation is 1. The van der Waals surface area contributed by atoms with Crippen molar-refractivity contribution in [2.75, 3.05) is 20.8 Å². The van der Waals surface area contributed by atoms with Crippen molar-refractivity contribution >= 4 is 21.1 Å². The molecular formula is C24H32N4O4S. The number of primary sulfonamides is 1. The Hall–Kier alpha value is -2.62.